The van der Waals surface area contributed by atoms with Gasteiger partial charge in [-0.25, -0.2) is 4.39 Å². The largest absolute Gasteiger partial charge is 0.396 e. The summed E-state index contributed by atoms with van der Waals surface area (Å²) in [4.78, 5) is 2.29. The van der Waals surface area contributed by atoms with Gasteiger partial charge in [-0.1, -0.05) is 13.0 Å². The van der Waals surface area contributed by atoms with Crippen molar-refractivity contribution in [1.82, 2.24) is 4.90 Å². The summed E-state index contributed by atoms with van der Waals surface area (Å²) in [6, 6.07) is 5.03. The number of ether oxygens (including phenoxy) is 1. The third kappa shape index (κ3) is 3.17. The van der Waals surface area contributed by atoms with Crippen molar-refractivity contribution >= 4 is 5.69 Å². The molecule has 94 valence electrons. The van der Waals surface area contributed by atoms with Crippen LogP contribution in [0.2, 0.25) is 0 Å². The van der Waals surface area contributed by atoms with Crippen LogP contribution in [0.4, 0.5) is 10.1 Å². The molecule has 0 bridgehead atoms. The molecule has 1 atom stereocenters. The van der Waals surface area contributed by atoms with Crippen LogP contribution in [-0.2, 0) is 11.3 Å². The van der Waals surface area contributed by atoms with Crippen LogP contribution in [-0.4, -0.2) is 30.7 Å². The zero-order valence-electron chi connectivity index (χ0n) is 10.2. The van der Waals surface area contributed by atoms with E-state index >= 15 is 0 Å². The third-order valence-electron chi connectivity index (χ3n) is 3.15. The molecule has 3 nitrogen and oxygen atoms in total. The summed E-state index contributed by atoms with van der Waals surface area (Å²) >= 11 is 0. The molecule has 0 radical (unpaired) electrons. The van der Waals surface area contributed by atoms with Crippen molar-refractivity contribution in [3.63, 3.8) is 0 Å². The first-order valence-electron chi connectivity index (χ1n) is 6.07. The van der Waals surface area contributed by atoms with Crippen LogP contribution in [0.1, 0.15) is 18.9 Å². The molecule has 0 aromatic heterocycles. The van der Waals surface area contributed by atoms with E-state index in [1.165, 1.54) is 6.07 Å². The monoisotopic (exact) mass is 238 g/mol. The van der Waals surface area contributed by atoms with Gasteiger partial charge in [0.25, 0.3) is 0 Å². The highest BCUT2D eigenvalue weighted by atomic mass is 19.1. The fraction of sp³-hybridized carbons (Fsp3) is 0.538. The maximum Gasteiger partial charge on any atom is 0.146 e. The first kappa shape index (κ1) is 12.3. The average molecular weight is 238 g/mol. The van der Waals surface area contributed by atoms with Crippen LogP contribution in [0.25, 0.3) is 0 Å². The Balaban J connectivity index is 1.97. The normalized spacial score (nSPS) is 21.6. The molecule has 0 aliphatic carbocycles. The molecule has 0 amide bonds. The summed E-state index contributed by atoms with van der Waals surface area (Å²) in [5.41, 5.74) is 6.63. The summed E-state index contributed by atoms with van der Waals surface area (Å²) in [6.07, 6.45) is 1.33. The Kier molecular flexibility index (Phi) is 3.97. The molecule has 1 aromatic carbocycles. The van der Waals surface area contributed by atoms with E-state index in [4.69, 9.17) is 10.5 Å². The SMILES string of the molecule is CCC1CN(Cc2ccc(N)c(F)c2)CCO1. The number of morpholine rings is 1. The number of rotatable bonds is 3. The lowest BCUT2D eigenvalue weighted by Crippen LogP contribution is -2.41. The van der Waals surface area contributed by atoms with Gasteiger partial charge in [0.1, 0.15) is 5.82 Å². The smallest absolute Gasteiger partial charge is 0.146 e. The molecule has 1 aromatic rings. The second kappa shape index (κ2) is 5.47. The Labute approximate surface area is 101 Å². The van der Waals surface area contributed by atoms with Crippen LogP contribution in [0.5, 0.6) is 0 Å². The van der Waals surface area contributed by atoms with Gasteiger partial charge in [0.2, 0.25) is 0 Å². The fourth-order valence-corrected chi connectivity index (χ4v) is 2.10. The van der Waals surface area contributed by atoms with Crippen molar-refractivity contribution in [2.75, 3.05) is 25.4 Å². The minimum Gasteiger partial charge on any atom is -0.396 e. The van der Waals surface area contributed by atoms with E-state index in [0.29, 0.717) is 6.10 Å². The van der Waals surface area contributed by atoms with Gasteiger partial charge in [-0.15, -0.1) is 0 Å². The topological polar surface area (TPSA) is 38.5 Å². The van der Waals surface area contributed by atoms with E-state index in [1.807, 2.05) is 6.07 Å². The summed E-state index contributed by atoms with van der Waals surface area (Å²) in [5, 5.41) is 0. The van der Waals surface area contributed by atoms with Crippen molar-refractivity contribution in [3.8, 4) is 0 Å². The van der Waals surface area contributed by atoms with Gasteiger partial charge in [-0.2, -0.15) is 0 Å². The van der Waals surface area contributed by atoms with E-state index < -0.39 is 0 Å². The summed E-state index contributed by atoms with van der Waals surface area (Å²) < 4.78 is 18.9. The molecule has 1 saturated heterocycles. The minimum absolute atomic E-state index is 0.210. The Hall–Kier alpha value is -1.13. The van der Waals surface area contributed by atoms with Gasteiger partial charge in [0.15, 0.2) is 0 Å². The van der Waals surface area contributed by atoms with E-state index in [0.717, 1.165) is 38.2 Å². The average Bonchev–Trinajstić information content (AvgIpc) is 2.34. The van der Waals surface area contributed by atoms with E-state index in [9.17, 15) is 4.39 Å². The summed E-state index contributed by atoms with van der Waals surface area (Å²) in [5.74, 6) is -0.331. The standard InChI is InChI=1S/C13H19FN2O/c1-2-11-9-16(5-6-17-11)8-10-3-4-13(15)12(14)7-10/h3-4,7,11H,2,5-6,8-9,15H2,1H3. The van der Waals surface area contributed by atoms with Crippen LogP contribution >= 0.6 is 0 Å². The predicted octanol–water partition coefficient (Wildman–Crippen LogP) is 2.02. The number of nitrogens with zero attached hydrogens (tertiary/aromatic N) is 1. The Morgan fingerprint density at radius 3 is 3.06 bits per heavy atom. The second-order valence-electron chi connectivity index (χ2n) is 4.49. The van der Waals surface area contributed by atoms with Crippen molar-refractivity contribution < 1.29 is 9.13 Å². The van der Waals surface area contributed by atoms with Crippen LogP contribution in [0.3, 0.4) is 0 Å². The van der Waals surface area contributed by atoms with E-state index in [-0.39, 0.29) is 11.5 Å². The van der Waals surface area contributed by atoms with Crippen molar-refractivity contribution in [2.24, 2.45) is 0 Å². The van der Waals surface area contributed by atoms with Crippen LogP contribution < -0.4 is 5.73 Å². The molecule has 0 spiro atoms. The van der Waals surface area contributed by atoms with Crippen molar-refractivity contribution in [3.05, 3.63) is 29.6 Å². The number of hydrogen-bond acceptors (Lipinski definition) is 3. The van der Waals surface area contributed by atoms with E-state index in [1.54, 1.807) is 6.07 Å². The molecule has 2 rings (SSSR count). The molecular weight excluding hydrogens is 219 g/mol. The molecule has 1 heterocycles. The highest BCUT2D eigenvalue weighted by molar-refractivity contribution is 5.41. The zero-order valence-corrected chi connectivity index (χ0v) is 10.2. The van der Waals surface area contributed by atoms with Gasteiger partial charge >= 0.3 is 0 Å². The first-order chi connectivity index (χ1) is 8.19. The van der Waals surface area contributed by atoms with Crippen molar-refractivity contribution in [1.29, 1.82) is 0 Å². The molecule has 1 fully saturated rings. The molecule has 0 saturated carbocycles. The quantitative estimate of drug-likeness (QED) is 0.819. The minimum atomic E-state index is -0.331. The fourth-order valence-electron chi connectivity index (χ4n) is 2.10. The number of hydrogen-bond donors (Lipinski definition) is 1. The Morgan fingerprint density at radius 1 is 1.53 bits per heavy atom. The molecule has 1 aliphatic rings. The van der Waals surface area contributed by atoms with Gasteiger partial charge in [0, 0.05) is 19.6 Å². The highest BCUT2D eigenvalue weighted by Crippen LogP contribution is 2.16. The number of halogens is 1. The van der Waals surface area contributed by atoms with E-state index in [2.05, 4.69) is 11.8 Å². The summed E-state index contributed by atoms with van der Waals surface area (Å²) in [6.45, 7) is 5.47. The van der Waals surface area contributed by atoms with Crippen LogP contribution in [0.15, 0.2) is 18.2 Å². The van der Waals surface area contributed by atoms with Gasteiger partial charge in [-0.05, 0) is 24.1 Å². The molecular formula is C13H19FN2O. The highest BCUT2D eigenvalue weighted by Gasteiger charge is 2.18. The lowest BCUT2D eigenvalue weighted by molar-refractivity contribution is -0.0324. The Bertz CT molecular complexity index is 384. The maximum atomic E-state index is 13.3. The lowest BCUT2D eigenvalue weighted by atomic mass is 10.1. The lowest BCUT2D eigenvalue weighted by Gasteiger charge is -2.32. The van der Waals surface area contributed by atoms with Crippen LogP contribution in [0, 0.1) is 5.82 Å². The molecule has 1 aliphatic heterocycles. The molecule has 1 unspecified atom stereocenters. The molecule has 2 N–H and O–H groups in total. The maximum absolute atomic E-state index is 13.3. The second-order valence-corrected chi connectivity index (χ2v) is 4.49. The predicted molar refractivity (Wildman–Crippen MR) is 66.1 cm³/mol. The molecule has 17 heavy (non-hydrogen) atoms. The third-order valence-corrected chi connectivity index (χ3v) is 3.15. The number of nitrogen functional groups attached to an aromatic ring is 1. The number of benzene rings is 1. The van der Waals surface area contributed by atoms with Gasteiger partial charge < -0.3 is 10.5 Å². The van der Waals surface area contributed by atoms with Gasteiger partial charge in [0.05, 0.1) is 18.4 Å². The Morgan fingerprint density at radius 2 is 2.35 bits per heavy atom. The van der Waals surface area contributed by atoms with Crippen molar-refractivity contribution in [2.45, 2.75) is 26.0 Å². The zero-order chi connectivity index (χ0) is 12.3. The molecule has 4 heteroatoms. The first-order valence-corrected chi connectivity index (χ1v) is 6.07. The number of nitrogens with two attached hydrogens (primary N) is 1. The summed E-state index contributed by atoms with van der Waals surface area (Å²) in [7, 11) is 0. The van der Waals surface area contributed by atoms with Gasteiger partial charge in [-0.3, -0.25) is 4.90 Å². The number of anilines is 1.